The van der Waals surface area contributed by atoms with Crippen LogP contribution >= 0.6 is 0 Å². The molecule has 3 aliphatic rings. The molecule has 1 N–H and O–H groups in total. The quantitative estimate of drug-likeness (QED) is 0.852. The highest BCUT2D eigenvalue weighted by atomic mass is 16.2. The smallest absolute Gasteiger partial charge is 0.249 e. The number of allylic oxidation sites excluding steroid dienone is 3. The number of rotatable bonds is 2. The third-order valence-electron chi connectivity index (χ3n) is 4.63. The fraction of sp³-hybridized carbons (Fsp3) is 0.500. The van der Waals surface area contributed by atoms with Crippen LogP contribution in [0.25, 0.3) is 0 Å². The molecule has 4 heteroatoms. The van der Waals surface area contributed by atoms with Crippen molar-refractivity contribution in [1.82, 2.24) is 5.32 Å². The van der Waals surface area contributed by atoms with Gasteiger partial charge in [0.25, 0.3) is 0 Å². The van der Waals surface area contributed by atoms with E-state index in [9.17, 15) is 9.59 Å². The van der Waals surface area contributed by atoms with Crippen molar-refractivity contribution in [3.63, 3.8) is 0 Å². The Morgan fingerprint density at radius 1 is 1.27 bits per heavy atom. The first-order valence-corrected chi connectivity index (χ1v) is 8.09. The number of nitrogens with zero attached hydrogens (tertiary/aromatic N) is 1. The molecule has 0 aromatic carbocycles. The molecular formula is C18H22N2O2. The second kappa shape index (κ2) is 6.03. The molecule has 1 atom stereocenters. The maximum absolute atomic E-state index is 12.2. The SMILES string of the molecule is CC(C)C1=CC(=O)NC2=CC(=NC(=O)C3CCCC3)C=CC21. The Morgan fingerprint density at radius 2 is 2.00 bits per heavy atom. The van der Waals surface area contributed by atoms with Crippen molar-refractivity contribution in [2.45, 2.75) is 39.5 Å². The number of amides is 2. The summed E-state index contributed by atoms with van der Waals surface area (Å²) in [5.41, 5.74) is 2.58. The first kappa shape index (κ1) is 14.9. The van der Waals surface area contributed by atoms with Crippen molar-refractivity contribution in [3.8, 4) is 0 Å². The predicted molar refractivity (Wildman–Crippen MR) is 86.2 cm³/mol. The summed E-state index contributed by atoms with van der Waals surface area (Å²) < 4.78 is 0. The molecular weight excluding hydrogens is 276 g/mol. The fourth-order valence-electron chi connectivity index (χ4n) is 3.41. The Hall–Kier alpha value is -1.97. The van der Waals surface area contributed by atoms with Crippen molar-refractivity contribution in [1.29, 1.82) is 0 Å². The van der Waals surface area contributed by atoms with Crippen LogP contribution in [0.4, 0.5) is 0 Å². The van der Waals surface area contributed by atoms with E-state index in [1.807, 2.05) is 18.2 Å². The number of fused-ring (bicyclic) bond motifs is 1. The normalized spacial score (nSPS) is 26.8. The fourth-order valence-corrected chi connectivity index (χ4v) is 3.41. The lowest BCUT2D eigenvalue weighted by Gasteiger charge is -2.29. The van der Waals surface area contributed by atoms with Crippen LogP contribution in [0.15, 0.2) is 40.6 Å². The van der Waals surface area contributed by atoms with Crippen LogP contribution in [-0.4, -0.2) is 17.5 Å². The molecule has 0 bridgehead atoms. The van der Waals surface area contributed by atoms with Crippen molar-refractivity contribution in [2.24, 2.45) is 22.7 Å². The van der Waals surface area contributed by atoms with E-state index in [1.165, 1.54) is 0 Å². The van der Waals surface area contributed by atoms with E-state index in [1.54, 1.807) is 6.08 Å². The minimum Gasteiger partial charge on any atom is -0.325 e. The Bertz CT molecular complexity index is 617. The monoisotopic (exact) mass is 298 g/mol. The maximum Gasteiger partial charge on any atom is 0.249 e. The predicted octanol–water partition coefficient (Wildman–Crippen LogP) is 2.93. The summed E-state index contributed by atoms with van der Waals surface area (Å²) in [6, 6.07) is 0. The molecule has 3 rings (SSSR count). The van der Waals surface area contributed by atoms with Gasteiger partial charge < -0.3 is 5.32 Å². The zero-order valence-corrected chi connectivity index (χ0v) is 13.1. The summed E-state index contributed by atoms with van der Waals surface area (Å²) in [7, 11) is 0. The largest absolute Gasteiger partial charge is 0.325 e. The summed E-state index contributed by atoms with van der Waals surface area (Å²) in [4.78, 5) is 28.2. The van der Waals surface area contributed by atoms with Crippen molar-refractivity contribution < 1.29 is 9.59 Å². The van der Waals surface area contributed by atoms with Gasteiger partial charge in [0.1, 0.15) is 0 Å². The summed E-state index contributed by atoms with van der Waals surface area (Å²) in [5, 5.41) is 2.88. The zero-order valence-electron chi connectivity index (χ0n) is 13.1. The molecule has 22 heavy (non-hydrogen) atoms. The number of hydrogen-bond acceptors (Lipinski definition) is 2. The van der Waals surface area contributed by atoms with Gasteiger partial charge in [-0.2, -0.15) is 0 Å². The van der Waals surface area contributed by atoms with E-state index in [0.29, 0.717) is 11.6 Å². The van der Waals surface area contributed by atoms with Gasteiger partial charge in [-0.05, 0) is 36.5 Å². The van der Waals surface area contributed by atoms with Crippen LogP contribution in [0.1, 0.15) is 39.5 Å². The molecule has 2 amide bonds. The van der Waals surface area contributed by atoms with Gasteiger partial charge in [0.15, 0.2) is 0 Å². The highest BCUT2D eigenvalue weighted by Gasteiger charge is 2.28. The van der Waals surface area contributed by atoms with E-state index in [0.717, 1.165) is 37.0 Å². The van der Waals surface area contributed by atoms with E-state index < -0.39 is 0 Å². The summed E-state index contributed by atoms with van der Waals surface area (Å²) in [6.45, 7) is 4.17. The van der Waals surface area contributed by atoms with Gasteiger partial charge in [-0.3, -0.25) is 9.59 Å². The van der Waals surface area contributed by atoms with Crippen LogP contribution in [-0.2, 0) is 9.59 Å². The molecule has 0 radical (unpaired) electrons. The third-order valence-corrected chi connectivity index (χ3v) is 4.63. The summed E-state index contributed by atoms with van der Waals surface area (Å²) in [5.74, 6) is 0.377. The zero-order chi connectivity index (χ0) is 15.7. The second-order valence-corrected chi connectivity index (χ2v) is 6.58. The highest BCUT2D eigenvalue weighted by molar-refractivity contribution is 6.11. The molecule has 1 aliphatic heterocycles. The molecule has 1 unspecified atom stereocenters. The summed E-state index contributed by atoms with van der Waals surface area (Å²) in [6.07, 6.45) is 11.6. The summed E-state index contributed by atoms with van der Waals surface area (Å²) >= 11 is 0. The van der Waals surface area contributed by atoms with Gasteiger partial charge >= 0.3 is 0 Å². The molecule has 1 fully saturated rings. The Morgan fingerprint density at radius 3 is 2.68 bits per heavy atom. The van der Waals surface area contributed by atoms with Crippen LogP contribution in [0.3, 0.4) is 0 Å². The Labute approximate surface area is 131 Å². The lowest BCUT2D eigenvalue weighted by Crippen LogP contribution is -2.34. The molecule has 4 nitrogen and oxygen atoms in total. The Balaban J connectivity index is 1.82. The van der Waals surface area contributed by atoms with Crippen LogP contribution < -0.4 is 5.32 Å². The maximum atomic E-state index is 12.2. The van der Waals surface area contributed by atoms with Crippen molar-refractivity contribution >= 4 is 17.5 Å². The van der Waals surface area contributed by atoms with Crippen molar-refractivity contribution in [2.75, 3.05) is 0 Å². The standard InChI is InChI=1S/C18H22N2O2/c1-11(2)15-10-17(21)20-16-9-13(7-8-14(15)16)19-18(22)12-5-3-4-6-12/h7-12,14H,3-6H2,1-2H3,(H,20,21). The van der Waals surface area contributed by atoms with Gasteiger partial charge in [-0.25, -0.2) is 4.99 Å². The van der Waals surface area contributed by atoms with Crippen LogP contribution in [0.5, 0.6) is 0 Å². The van der Waals surface area contributed by atoms with E-state index in [4.69, 9.17) is 0 Å². The lowest BCUT2D eigenvalue weighted by molar-refractivity contribution is -0.121. The molecule has 0 spiro atoms. The molecule has 0 aromatic heterocycles. The molecule has 1 heterocycles. The number of nitrogens with one attached hydrogen (secondary N) is 1. The topological polar surface area (TPSA) is 58.5 Å². The number of carbonyl (C=O) groups is 2. The first-order valence-electron chi connectivity index (χ1n) is 8.09. The molecule has 0 saturated heterocycles. The third kappa shape index (κ3) is 2.96. The van der Waals surface area contributed by atoms with Gasteiger partial charge in [0.2, 0.25) is 11.8 Å². The number of hydrogen-bond donors (Lipinski definition) is 1. The van der Waals surface area contributed by atoms with Crippen LogP contribution in [0, 0.1) is 17.8 Å². The first-order chi connectivity index (χ1) is 10.5. The average molecular weight is 298 g/mol. The van der Waals surface area contributed by atoms with Gasteiger partial charge in [0, 0.05) is 23.6 Å². The Kier molecular flexibility index (Phi) is 4.10. The molecule has 116 valence electrons. The van der Waals surface area contributed by atoms with Gasteiger partial charge in [-0.15, -0.1) is 0 Å². The minimum atomic E-state index is -0.0945. The minimum absolute atomic E-state index is 0.0192. The van der Waals surface area contributed by atoms with E-state index in [2.05, 4.69) is 24.2 Å². The molecule has 2 aliphatic carbocycles. The average Bonchev–Trinajstić information content (AvgIpc) is 3.00. The molecule has 0 aromatic rings. The van der Waals surface area contributed by atoms with Gasteiger partial charge in [-0.1, -0.05) is 32.8 Å². The second-order valence-electron chi connectivity index (χ2n) is 6.58. The van der Waals surface area contributed by atoms with Crippen LogP contribution in [0.2, 0.25) is 0 Å². The van der Waals surface area contributed by atoms with Crippen molar-refractivity contribution in [3.05, 3.63) is 35.6 Å². The lowest BCUT2D eigenvalue weighted by atomic mass is 9.82. The van der Waals surface area contributed by atoms with E-state index >= 15 is 0 Å². The highest BCUT2D eigenvalue weighted by Crippen LogP contribution is 2.32. The number of carbonyl (C=O) groups excluding carboxylic acids is 2. The van der Waals surface area contributed by atoms with E-state index in [-0.39, 0.29) is 23.7 Å². The number of aliphatic imine (C=N–C) groups is 1. The molecule has 1 saturated carbocycles. The van der Waals surface area contributed by atoms with Gasteiger partial charge in [0.05, 0.1) is 5.71 Å².